The maximum atomic E-state index is 14.3. The van der Waals surface area contributed by atoms with Gasteiger partial charge in [-0.2, -0.15) is 0 Å². The molecule has 6 nitrogen and oxygen atoms in total. The van der Waals surface area contributed by atoms with Crippen LogP contribution in [-0.4, -0.2) is 28.0 Å². The third-order valence-electron chi connectivity index (χ3n) is 5.47. The molecule has 0 saturated carbocycles. The molecular weight excluding hydrogens is 407 g/mol. The molecule has 2 heterocycles. The van der Waals surface area contributed by atoms with Gasteiger partial charge in [0.15, 0.2) is 11.6 Å². The average Bonchev–Trinajstić information content (AvgIpc) is 2.77. The molecule has 0 aliphatic carbocycles. The monoisotopic (exact) mass is 430 g/mol. The van der Waals surface area contributed by atoms with E-state index in [0.717, 1.165) is 40.9 Å². The van der Waals surface area contributed by atoms with Crippen LogP contribution in [0.2, 0.25) is 0 Å². The van der Waals surface area contributed by atoms with Crippen molar-refractivity contribution in [1.29, 1.82) is 0 Å². The number of benzene rings is 2. The molecule has 0 aliphatic rings. The first-order chi connectivity index (χ1) is 15.4. The zero-order valence-corrected chi connectivity index (χ0v) is 18.1. The third kappa shape index (κ3) is 4.27. The van der Waals surface area contributed by atoms with Crippen molar-refractivity contribution < 1.29 is 13.9 Å². The Morgan fingerprint density at radius 2 is 1.88 bits per heavy atom. The van der Waals surface area contributed by atoms with Crippen LogP contribution < -0.4 is 10.5 Å². The smallest absolute Gasteiger partial charge is 0.267 e. The number of primary amides is 1. The highest BCUT2D eigenvalue weighted by Crippen LogP contribution is 2.32. The lowest BCUT2D eigenvalue weighted by molar-refractivity contribution is 0.0996. The molecule has 1 amide bonds. The minimum Gasteiger partial charge on any atom is -0.494 e. The highest BCUT2D eigenvalue weighted by atomic mass is 19.1. The third-order valence-corrected chi connectivity index (χ3v) is 5.47. The number of nitrogens with zero attached hydrogens (tertiary/aromatic N) is 3. The van der Waals surface area contributed by atoms with Crippen molar-refractivity contribution in [3.05, 3.63) is 82.8 Å². The first-order valence-corrected chi connectivity index (χ1v) is 10.2. The summed E-state index contributed by atoms with van der Waals surface area (Å²) in [6.45, 7) is 3.85. The van der Waals surface area contributed by atoms with Gasteiger partial charge >= 0.3 is 0 Å². The summed E-state index contributed by atoms with van der Waals surface area (Å²) < 4.78 is 19.3. The van der Waals surface area contributed by atoms with E-state index in [9.17, 15) is 9.18 Å². The van der Waals surface area contributed by atoms with E-state index in [0.29, 0.717) is 16.6 Å². The van der Waals surface area contributed by atoms with Crippen LogP contribution in [0.1, 0.15) is 33.1 Å². The number of hydrogen-bond donors (Lipinski definition) is 1. The summed E-state index contributed by atoms with van der Waals surface area (Å²) in [5, 5.41) is 0.804. The summed E-state index contributed by atoms with van der Waals surface area (Å²) in [5.41, 5.74) is 10.7. The molecule has 7 heteroatoms. The number of methoxy groups -OCH3 is 1. The van der Waals surface area contributed by atoms with Gasteiger partial charge in [0.1, 0.15) is 11.5 Å². The minimum absolute atomic E-state index is 0.128. The van der Waals surface area contributed by atoms with Gasteiger partial charge in [-0.25, -0.2) is 19.3 Å². The number of fused-ring (bicyclic) bond motifs is 1. The van der Waals surface area contributed by atoms with Gasteiger partial charge in [-0.1, -0.05) is 18.2 Å². The van der Waals surface area contributed by atoms with E-state index >= 15 is 0 Å². The largest absolute Gasteiger partial charge is 0.494 e. The lowest BCUT2D eigenvalue weighted by atomic mass is 9.97. The van der Waals surface area contributed by atoms with Crippen molar-refractivity contribution in [3.63, 3.8) is 0 Å². The maximum absolute atomic E-state index is 14.3. The Morgan fingerprint density at radius 1 is 1.06 bits per heavy atom. The van der Waals surface area contributed by atoms with E-state index in [4.69, 9.17) is 10.5 Å². The fourth-order valence-corrected chi connectivity index (χ4v) is 3.76. The van der Waals surface area contributed by atoms with E-state index in [1.165, 1.54) is 13.2 Å². The van der Waals surface area contributed by atoms with Crippen LogP contribution in [0, 0.1) is 19.7 Å². The van der Waals surface area contributed by atoms with Gasteiger partial charge in [0.25, 0.3) is 5.91 Å². The molecule has 162 valence electrons. The molecule has 0 unspecified atom stereocenters. The molecule has 2 N–H and O–H groups in total. The molecular formula is C25H23FN4O2. The van der Waals surface area contributed by atoms with E-state index in [2.05, 4.69) is 15.0 Å². The predicted molar refractivity (Wildman–Crippen MR) is 121 cm³/mol. The molecule has 0 spiro atoms. The maximum Gasteiger partial charge on any atom is 0.267 e. The lowest BCUT2D eigenvalue weighted by Crippen LogP contribution is -2.13. The first kappa shape index (κ1) is 21.4. The van der Waals surface area contributed by atoms with Crippen LogP contribution in [-0.2, 0) is 12.8 Å². The first-order valence-electron chi connectivity index (χ1n) is 10.2. The second-order valence-electron chi connectivity index (χ2n) is 7.65. The Balaban J connectivity index is 1.74. The van der Waals surface area contributed by atoms with Gasteiger partial charge in [0.2, 0.25) is 0 Å². The Hall–Kier alpha value is -3.87. The number of carbonyl (C=O) groups excluding carboxylic acids is 1. The Bertz CT molecular complexity index is 1340. The van der Waals surface area contributed by atoms with Crippen LogP contribution in [0.5, 0.6) is 5.75 Å². The van der Waals surface area contributed by atoms with Crippen molar-refractivity contribution >= 4 is 16.8 Å². The zero-order valence-electron chi connectivity index (χ0n) is 18.1. The van der Waals surface area contributed by atoms with Gasteiger partial charge < -0.3 is 10.5 Å². The summed E-state index contributed by atoms with van der Waals surface area (Å²) in [4.78, 5) is 25.1. The molecule has 4 aromatic rings. The van der Waals surface area contributed by atoms with E-state index in [1.807, 2.05) is 38.2 Å². The highest BCUT2D eigenvalue weighted by Gasteiger charge is 2.14. The molecule has 0 aliphatic heterocycles. The summed E-state index contributed by atoms with van der Waals surface area (Å²) >= 11 is 0. The molecule has 0 bridgehead atoms. The van der Waals surface area contributed by atoms with Gasteiger partial charge in [-0.15, -0.1) is 0 Å². The van der Waals surface area contributed by atoms with Crippen LogP contribution in [0.3, 0.4) is 0 Å². The molecule has 4 rings (SSSR count). The number of hydrogen-bond acceptors (Lipinski definition) is 5. The van der Waals surface area contributed by atoms with Crippen molar-refractivity contribution in [3.8, 4) is 16.9 Å². The minimum atomic E-state index is -0.639. The van der Waals surface area contributed by atoms with Crippen LogP contribution >= 0.6 is 0 Å². The molecule has 32 heavy (non-hydrogen) atoms. The van der Waals surface area contributed by atoms with Gasteiger partial charge in [0, 0.05) is 17.3 Å². The molecule has 0 atom stereocenters. The standard InChI is InChI=1S/C25H23FN4O2/c1-14-18(13-28-15(2)29-14)6-4-16-5-8-19-20(12-23(25(27)31)30-22(19)10-16)17-7-9-24(32-3)21(26)11-17/h5,7-13H,4,6H2,1-3H3,(H2,27,31). The quantitative estimate of drug-likeness (QED) is 0.491. The number of aryl methyl sites for hydroxylation is 4. The Labute approximate surface area is 185 Å². The molecule has 2 aromatic heterocycles. The number of amides is 1. The molecule has 0 radical (unpaired) electrons. The number of halogens is 1. The molecule has 0 fully saturated rings. The van der Waals surface area contributed by atoms with Crippen LogP contribution in [0.4, 0.5) is 4.39 Å². The topological polar surface area (TPSA) is 91.0 Å². The van der Waals surface area contributed by atoms with E-state index in [1.54, 1.807) is 18.2 Å². The van der Waals surface area contributed by atoms with Crippen molar-refractivity contribution in [2.75, 3.05) is 7.11 Å². The summed E-state index contributed by atoms with van der Waals surface area (Å²) in [5.74, 6) is -0.217. The number of carbonyl (C=O) groups is 1. The van der Waals surface area contributed by atoms with Crippen molar-refractivity contribution in [2.45, 2.75) is 26.7 Å². The fourth-order valence-electron chi connectivity index (χ4n) is 3.76. The molecule has 2 aromatic carbocycles. The fraction of sp³-hybridized carbons (Fsp3) is 0.200. The number of aromatic nitrogens is 3. The van der Waals surface area contributed by atoms with E-state index in [-0.39, 0.29) is 11.4 Å². The van der Waals surface area contributed by atoms with Gasteiger partial charge in [-0.3, -0.25) is 4.79 Å². The lowest BCUT2D eigenvalue weighted by Gasteiger charge is -2.12. The number of rotatable bonds is 6. The number of ether oxygens (including phenoxy) is 1. The second kappa shape index (κ2) is 8.70. The van der Waals surface area contributed by atoms with E-state index < -0.39 is 11.7 Å². The van der Waals surface area contributed by atoms with Crippen LogP contribution in [0.25, 0.3) is 22.0 Å². The zero-order chi connectivity index (χ0) is 22.8. The van der Waals surface area contributed by atoms with Crippen LogP contribution in [0.15, 0.2) is 48.7 Å². The number of pyridine rings is 1. The second-order valence-corrected chi connectivity index (χ2v) is 7.65. The molecule has 0 saturated heterocycles. The van der Waals surface area contributed by atoms with Crippen molar-refractivity contribution in [1.82, 2.24) is 15.0 Å². The summed E-state index contributed by atoms with van der Waals surface area (Å²) in [6.07, 6.45) is 3.40. The van der Waals surface area contributed by atoms with Gasteiger partial charge in [-0.05, 0) is 73.2 Å². The summed E-state index contributed by atoms with van der Waals surface area (Å²) in [6, 6.07) is 12.2. The summed E-state index contributed by atoms with van der Waals surface area (Å²) in [7, 11) is 1.41. The average molecular weight is 430 g/mol. The normalized spacial score (nSPS) is 11.0. The highest BCUT2D eigenvalue weighted by molar-refractivity contribution is 6.01. The van der Waals surface area contributed by atoms with Crippen molar-refractivity contribution in [2.24, 2.45) is 5.73 Å². The van der Waals surface area contributed by atoms with Gasteiger partial charge in [0.05, 0.1) is 12.6 Å². The Kier molecular flexibility index (Phi) is 5.81. The Morgan fingerprint density at radius 3 is 2.56 bits per heavy atom. The number of nitrogens with two attached hydrogens (primary N) is 1. The predicted octanol–water partition coefficient (Wildman–Crippen LogP) is 4.34. The SMILES string of the molecule is COc1ccc(-c2cc(C(N)=O)nc3cc(CCc4cnc(C)nc4C)ccc23)cc1F.